The van der Waals surface area contributed by atoms with Crippen LogP contribution in [0.3, 0.4) is 0 Å². The third-order valence-electron chi connectivity index (χ3n) is 7.65. The van der Waals surface area contributed by atoms with Crippen molar-refractivity contribution in [1.82, 2.24) is 9.78 Å². The summed E-state index contributed by atoms with van der Waals surface area (Å²) < 4.78 is 66.1. The maximum Gasteiger partial charge on any atom is 0.295 e. The van der Waals surface area contributed by atoms with E-state index in [4.69, 9.17) is 16.2 Å². The van der Waals surface area contributed by atoms with Crippen LogP contribution in [0.4, 0.5) is 28.6 Å². The molecule has 0 fully saturated rings. The molecule has 1 heterocycles. The highest BCUT2D eigenvalue weighted by Gasteiger charge is 2.29. The van der Waals surface area contributed by atoms with Gasteiger partial charge >= 0.3 is 0 Å². The molecule has 0 spiro atoms. The fourth-order valence-electron chi connectivity index (χ4n) is 5.24. The monoisotopic (exact) mass is 784 g/mol. The fraction of sp³-hybridized carbons (Fsp3) is 0.294. The van der Waals surface area contributed by atoms with Crippen LogP contribution in [0.2, 0.25) is 5.02 Å². The molecule has 0 aliphatic heterocycles. The molecule has 4 aromatic rings. The molecule has 0 atom stereocenters. The van der Waals surface area contributed by atoms with Gasteiger partial charge in [0.1, 0.15) is 22.2 Å². The Morgan fingerprint density at radius 2 is 1.72 bits per heavy atom. The molecule has 280 valence electrons. The second-order valence-electron chi connectivity index (χ2n) is 12.7. The average Bonchev–Trinajstić information content (AvgIpc) is 3.44. The number of hydrogen-bond acceptors (Lipinski definition) is 11. The third-order valence-corrected chi connectivity index (χ3v) is 9.67. The second kappa shape index (κ2) is 16.2. The molecule has 0 unspecified atom stereocenters. The third kappa shape index (κ3) is 10.2. The number of halogens is 1. The van der Waals surface area contributed by atoms with E-state index < -0.39 is 48.1 Å². The Morgan fingerprint density at radius 1 is 1.02 bits per heavy atom. The van der Waals surface area contributed by atoms with Crippen LogP contribution in [0.5, 0.6) is 0 Å². The van der Waals surface area contributed by atoms with Crippen molar-refractivity contribution in [3.63, 3.8) is 0 Å². The fourth-order valence-corrected chi connectivity index (χ4v) is 6.68. The highest BCUT2D eigenvalue weighted by atomic mass is 35.5. The van der Waals surface area contributed by atoms with Crippen LogP contribution in [-0.4, -0.2) is 66.4 Å². The summed E-state index contributed by atoms with van der Waals surface area (Å²) in [4.78, 5) is 26.5. The molecule has 2 amide bonds. The average molecular weight is 785 g/mol. The molecular weight excluding hydrogens is 748 g/mol. The van der Waals surface area contributed by atoms with Gasteiger partial charge < -0.3 is 15.5 Å². The van der Waals surface area contributed by atoms with Crippen molar-refractivity contribution in [1.29, 1.82) is 5.26 Å². The maximum absolute atomic E-state index is 13.0. The lowest BCUT2D eigenvalue weighted by Crippen LogP contribution is -2.25. The van der Waals surface area contributed by atoms with E-state index in [1.54, 1.807) is 18.2 Å². The molecular formula is C34H37ClN8O8S2. The zero-order valence-corrected chi connectivity index (χ0v) is 31.7. The first-order valence-corrected chi connectivity index (χ1v) is 19.4. The molecule has 16 nitrogen and oxygen atoms in total. The van der Waals surface area contributed by atoms with E-state index in [0.29, 0.717) is 24.5 Å². The van der Waals surface area contributed by atoms with Gasteiger partial charge in [-0.1, -0.05) is 44.5 Å². The molecule has 4 rings (SSSR count). The van der Waals surface area contributed by atoms with Crippen LogP contribution in [-0.2, 0) is 30.4 Å². The molecule has 1 aromatic heterocycles. The lowest BCUT2D eigenvalue weighted by molar-refractivity contribution is -0.114. The highest BCUT2D eigenvalue weighted by molar-refractivity contribution is 7.86. The Kier molecular flexibility index (Phi) is 12.4. The summed E-state index contributed by atoms with van der Waals surface area (Å²) in [6.45, 7) is 9.55. The lowest BCUT2D eigenvalue weighted by atomic mass is 9.90. The number of rotatable bonds is 13. The minimum Gasteiger partial charge on any atom is -0.372 e. The van der Waals surface area contributed by atoms with Crippen LogP contribution in [0.25, 0.3) is 5.69 Å². The minimum atomic E-state index is -4.69. The van der Waals surface area contributed by atoms with Gasteiger partial charge in [0, 0.05) is 36.8 Å². The van der Waals surface area contributed by atoms with E-state index in [9.17, 15) is 36.2 Å². The molecule has 53 heavy (non-hydrogen) atoms. The van der Waals surface area contributed by atoms with Crippen LogP contribution in [0.15, 0.2) is 75.8 Å². The predicted molar refractivity (Wildman–Crippen MR) is 200 cm³/mol. The van der Waals surface area contributed by atoms with Crippen molar-refractivity contribution in [2.75, 3.05) is 34.4 Å². The number of benzene rings is 3. The molecule has 0 aliphatic rings. The zero-order chi connectivity index (χ0) is 39.3. The number of amides is 2. The van der Waals surface area contributed by atoms with E-state index in [2.05, 4.69) is 32.0 Å². The number of azo groups is 1. The molecule has 0 aliphatic carbocycles. The lowest BCUT2D eigenvalue weighted by Gasteiger charge is -2.24. The number of nitrogens with zero attached hydrogens (tertiary/aromatic N) is 6. The number of aromatic nitrogens is 2. The van der Waals surface area contributed by atoms with Crippen molar-refractivity contribution in [3.05, 3.63) is 82.5 Å². The Balaban J connectivity index is 1.75. The standard InChI is InChI=1S/C34H37ClN8O8S2/c1-6-42(16-9-17-52(46,47)48)23-13-14-27(28(19-23)37-21(2)44)39-40-32-25(20-36)31(34(3,4)5)41-43(32)29-15-12-22(18-26(29)35)38-33(45)24-10-7-8-11-30(24)53(49,50)51/h7-8,10-15,18-19H,6,9,16-17H2,1-5H3,(H,37,44)(H,38,45)(H,46,47,48)(H,49,50,51)/b40-39+. The number of nitrogens with one attached hydrogen (secondary N) is 2. The predicted octanol–water partition coefficient (Wildman–Crippen LogP) is 6.67. The summed E-state index contributed by atoms with van der Waals surface area (Å²) in [6.07, 6.45) is 0.165. The number of hydrogen-bond donors (Lipinski definition) is 4. The summed E-state index contributed by atoms with van der Waals surface area (Å²) in [5, 5.41) is 29.1. The topological polar surface area (TPSA) is 237 Å². The van der Waals surface area contributed by atoms with Crippen molar-refractivity contribution < 1.29 is 35.5 Å². The molecule has 3 aromatic carbocycles. The van der Waals surface area contributed by atoms with Crippen LogP contribution in [0, 0.1) is 11.3 Å². The number of carbonyl (C=O) groups is 2. The SMILES string of the molecule is CCN(CCCS(=O)(=O)O)c1ccc(/N=N/c2c(C#N)c(C(C)(C)C)nn2-c2ccc(NC(=O)c3ccccc3S(=O)(=O)O)cc2Cl)c(NC(C)=O)c1. The van der Waals surface area contributed by atoms with E-state index in [-0.39, 0.29) is 51.1 Å². The normalized spacial score (nSPS) is 12.1. The minimum absolute atomic E-state index is 0.0106. The van der Waals surface area contributed by atoms with E-state index >= 15 is 0 Å². The molecule has 0 saturated carbocycles. The Hall–Kier alpha value is -5.19. The van der Waals surface area contributed by atoms with Gasteiger partial charge in [0.25, 0.3) is 26.1 Å². The van der Waals surface area contributed by atoms with Gasteiger partial charge in [-0.2, -0.15) is 27.2 Å². The van der Waals surface area contributed by atoms with Gasteiger partial charge in [-0.25, -0.2) is 4.68 Å². The first kappa shape index (κ1) is 40.6. The number of anilines is 3. The maximum atomic E-state index is 13.0. The van der Waals surface area contributed by atoms with Crippen molar-refractivity contribution in [2.45, 2.75) is 51.3 Å². The Bertz CT molecular complexity index is 2350. The Labute approximate surface area is 312 Å². The molecule has 4 N–H and O–H groups in total. The first-order chi connectivity index (χ1) is 24.7. The van der Waals surface area contributed by atoms with Crippen LogP contribution >= 0.6 is 11.6 Å². The summed E-state index contributed by atoms with van der Waals surface area (Å²) in [6, 6.07) is 16.6. The highest BCUT2D eigenvalue weighted by Crippen LogP contribution is 2.38. The molecule has 19 heteroatoms. The molecule has 0 bridgehead atoms. The second-order valence-corrected chi connectivity index (χ2v) is 16.1. The quantitative estimate of drug-likeness (QED) is 0.0825. The van der Waals surface area contributed by atoms with Gasteiger partial charge in [-0.3, -0.25) is 18.7 Å². The largest absolute Gasteiger partial charge is 0.372 e. The van der Waals surface area contributed by atoms with E-state index in [0.717, 1.165) is 6.07 Å². The van der Waals surface area contributed by atoms with Crippen LogP contribution in [0.1, 0.15) is 62.7 Å². The number of carbonyl (C=O) groups excluding carboxylic acids is 2. The zero-order valence-electron chi connectivity index (χ0n) is 29.3. The van der Waals surface area contributed by atoms with E-state index in [1.807, 2.05) is 32.6 Å². The van der Waals surface area contributed by atoms with Gasteiger partial charge in [0.05, 0.1) is 33.4 Å². The van der Waals surface area contributed by atoms with Gasteiger partial charge in [0.15, 0.2) is 5.82 Å². The van der Waals surface area contributed by atoms with Gasteiger partial charge in [0.2, 0.25) is 5.91 Å². The summed E-state index contributed by atoms with van der Waals surface area (Å²) >= 11 is 6.71. The van der Waals surface area contributed by atoms with E-state index in [1.165, 1.54) is 48.0 Å². The molecule has 0 radical (unpaired) electrons. The first-order valence-electron chi connectivity index (χ1n) is 16.0. The van der Waals surface area contributed by atoms with Crippen molar-refractivity contribution in [3.8, 4) is 11.8 Å². The Morgan fingerprint density at radius 3 is 2.30 bits per heavy atom. The van der Waals surface area contributed by atoms with Crippen molar-refractivity contribution in [2.24, 2.45) is 10.2 Å². The smallest absolute Gasteiger partial charge is 0.295 e. The summed E-state index contributed by atoms with van der Waals surface area (Å²) in [5.74, 6) is -1.62. The van der Waals surface area contributed by atoms with Crippen LogP contribution < -0.4 is 15.5 Å². The van der Waals surface area contributed by atoms with Crippen molar-refractivity contribution >= 4 is 72.2 Å². The summed E-state index contributed by atoms with van der Waals surface area (Å²) in [5.41, 5.74) is 1.14. The number of nitriles is 1. The van der Waals surface area contributed by atoms with Gasteiger partial charge in [-0.05, 0) is 61.9 Å². The molecule has 0 saturated heterocycles. The summed E-state index contributed by atoms with van der Waals surface area (Å²) in [7, 11) is -8.82. The van der Waals surface area contributed by atoms with Gasteiger partial charge in [-0.15, -0.1) is 10.2 Å².